The maximum absolute atomic E-state index is 12.8. The van der Waals surface area contributed by atoms with E-state index in [0.717, 1.165) is 16.6 Å². The number of halogens is 1. The first-order chi connectivity index (χ1) is 12.2. The lowest BCUT2D eigenvalue weighted by Crippen LogP contribution is -2.29. The minimum Gasteiger partial charge on any atom is -0.494 e. The summed E-state index contributed by atoms with van der Waals surface area (Å²) in [5.41, 5.74) is 6.40. The molecule has 0 aliphatic rings. The number of hydrazine groups is 1. The van der Waals surface area contributed by atoms with Crippen LogP contribution in [0.2, 0.25) is 0 Å². The number of fused-ring (bicyclic) bond motifs is 1. The fourth-order valence-electron chi connectivity index (χ4n) is 2.22. The Morgan fingerprint density at radius 2 is 1.92 bits per heavy atom. The molecule has 130 valence electrons. The van der Waals surface area contributed by atoms with Crippen molar-refractivity contribution in [3.05, 3.63) is 54.3 Å². The molecule has 0 saturated carbocycles. The number of anilines is 1. The number of nitrogens with one attached hydrogen (secondary N) is 2. The Morgan fingerprint density at radius 3 is 2.72 bits per heavy atom. The van der Waals surface area contributed by atoms with E-state index < -0.39 is 0 Å². The molecule has 0 fully saturated rings. The van der Waals surface area contributed by atoms with Crippen molar-refractivity contribution in [1.29, 1.82) is 0 Å². The lowest BCUT2D eigenvalue weighted by atomic mass is 10.2. The van der Waals surface area contributed by atoms with Gasteiger partial charge in [0, 0.05) is 6.42 Å². The van der Waals surface area contributed by atoms with Gasteiger partial charge in [0.2, 0.25) is 11.0 Å². The average Bonchev–Trinajstić information content (AvgIpc) is 3.04. The molecule has 0 aliphatic carbocycles. The first kappa shape index (κ1) is 17.2. The Bertz CT molecular complexity index is 803. The molecule has 1 amide bonds. The van der Waals surface area contributed by atoms with Crippen LogP contribution < -0.4 is 15.6 Å². The monoisotopic (exact) mass is 359 g/mol. The van der Waals surface area contributed by atoms with Crippen molar-refractivity contribution in [3.63, 3.8) is 0 Å². The van der Waals surface area contributed by atoms with Gasteiger partial charge in [0.05, 0.1) is 16.8 Å². The van der Waals surface area contributed by atoms with Gasteiger partial charge in [-0.05, 0) is 49.2 Å². The zero-order valence-corrected chi connectivity index (χ0v) is 14.3. The normalized spacial score (nSPS) is 10.6. The summed E-state index contributed by atoms with van der Waals surface area (Å²) in [5, 5.41) is 0.661. The van der Waals surface area contributed by atoms with Crippen molar-refractivity contribution in [2.45, 2.75) is 19.3 Å². The molecule has 2 N–H and O–H groups in total. The fraction of sp³-hybridized carbons (Fsp3) is 0.222. The molecular weight excluding hydrogens is 341 g/mol. The maximum Gasteiger partial charge on any atom is 0.238 e. The van der Waals surface area contributed by atoms with E-state index in [4.69, 9.17) is 4.74 Å². The molecule has 0 radical (unpaired) electrons. The second kappa shape index (κ2) is 8.43. The highest BCUT2D eigenvalue weighted by Crippen LogP contribution is 2.24. The third-order valence-corrected chi connectivity index (χ3v) is 4.44. The van der Waals surface area contributed by atoms with Crippen molar-refractivity contribution < 1.29 is 13.9 Å². The first-order valence-corrected chi connectivity index (χ1v) is 8.81. The Hall–Kier alpha value is -2.67. The summed E-state index contributed by atoms with van der Waals surface area (Å²) >= 11 is 1.49. The van der Waals surface area contributed by atoms with Crippen LogP contribution in [-0.4, -0.2) is 17.5 Å². The smallest absolute Gasteiger partial charge is 0.238 e. The number of aromatic nitrogens is 1. The second-order valence-electron chi connectivity index (χ2n) is 5.42. The molecule has 3 rings (SSSR count). The Labute approximate surface area is 148 Å². The number of para-hydroxylation sites is 1. The van der Waals surface area contributed by atoms with Gasteiger partial charge in [-0.1, -0.05) is 23.5 Å². The number of carbonyl (C=O) groups is 1. The number of ether oxygens (including phenoxy) is 1. The molecule has 25 heavy (non-hydrogen) atoms. The van der Waals surface area contributed by atoms with E-state index in [2.05, 4.69) is 15.8 Å². The van der Waals surface area contributed by atoms with E-state index in [-0.39, 0.29) is 11.7 Å². The van der Waals surface area contributed by atoms with Gasteiger partial charge in [-0.2, -0.15) is 0 Å². The lowest BCUT2D eigenvalue weighted by Gasteiger charge is -2.07. The number of hydrogen-bond acceptors (Lipinski definition) is 5. The quantitative estimate of drug-likeness (QED) is 0.469. The molecule has 2 aromatic carbocycles. The van der Waals surface area contributed by atoms with Gasteiger partial charge < -0.3 is 4.74 Å². The number of nitrogens with zero attached hydrogens (tertiary/aromatic N) is 1. The number of hydrogen-bond donors (Lipinski definition) is 2. The standard InChI is InChI=1S/C18H18FN3O2S/c19-13-8-10-14(11-9-13)24-12-4-3-7-17(23)21-22-18-20-15-5-1-2-6-16(15)25-18/h1-2,5-6,8-11H,3-4,7,12H2,(H,20,22)(H,21,23). The number of rotatable bonds is 8. The van der Waals surface area contributed by atoms with E-state index in [0.29, 0.717) is 30.3 Å². The Morgan fingerprint density at radius 1 is 1.12 bits per heavy atom. The molecule has 5 nitrogen and oxygen atoms in total. The predicted octanol–water partition coefficient (Wildman–Crippen LogP) is 4.13. The van der Waals surface area contributed by atoms with E-state index >= 15 is 0 Å². The molecule has 7 heteroatoms. The molecule has 1 heterocycles. The maximum atomic E-state index is 12.8. The van der Waals surface area contributed by atoms with Crippen LogP contribution in [-0.2, 0) is 4.79 Å². The van der Waals surface area contributed by atoms with Gasteiger partial charge in [0.1, 0.15) is 11.6 Å². The number of unbranched alkanes of at least 4 members (excludes halogenated alkanes) is 1. The highest BCUT2D eigenvalue weighted by Gasteiger charge is 2.05. The molecule has 3 aromatic rings. The van der Waals surface area contributed by atoms with Crippen molar-refractivity contribution >= 4 is 32.6 Å². The topological polar surface area (TPSA) is 63.2 Å². The fourth-order valence-corrected chi connectivity index (χ4v) is 3.04. The van der Waals surface area contributed by atoms with E-state index in [1.807, 2.05) is 24.3 Å². The van der Waals surface area contributed by atoms with Gasteiger partial charge in [-0.25, -0.2) is 9.37 Å². The third kappa shape index (κ3) is 5.15. The van der Waals surface area contributed by atoms with Crippen LogP contribution in [0.25, 0.3) is 10.2 Å². The average molecular weight is 359 g/mol. The van der Waals surface area contributed by atoms with E-state index in [9.17, 15) is 9.18 Å². The Kier molecular flexibility index (Phi) is 5.79. The summed E-state index contributed by atoms with van der Waals surface area (Å²) in [6, 6.07) is 13.7. The first-order valence-electron chi connectivity index (χ1n) is 7.99. The van der Waals surface area contributed by atoms with Gasteiger partial charge >= 0.3 is 0 Å². The number of benzene rings is 2. The van der Waals surface area contributed by atoms with Crippen LogP contribution in [0.4, 0.5) is 9.52 Å². The minimum absolute atomic E-state index is 0.0963. The molecule has 0 spiro atoms. The van der Waals surface area contributed by atoms with Crippen LogP contribution in [0.15, 0.2) is 48.5 Å². The largest absolute Gasteiger partial charge is 0.494 e. The minimum atomic E-state index is -0.287. The number of thiazole rings is 1. The van der Waals surface area contributed by atoms with Crippen LogP contribution >= 0.6 is 11.3 Å². The Balaban J connectivity index is 1.32. The summed E-state index contributed by atoms with van der Waals surface area (Å²) in [6.07, 6.45) is 1.84. The number of amides is 1. The second-order valence-corrected chi connectivity index (χ2v) is 6.45. The highest BCUT2D eigenvalue weighted by molar-refractivity contribution is 7.22. The molecule has 0 atom stereocenters. The zero-order valence-electron chi connectivity index (χ0n) is 13.5. The van der Waals surface area contributed by atoms with Gasteiger partial charge in [0.25, 0.3) is 0 Å². The summed E-state index contributed by atoms with van der Waals surface area (Å²) in [5.74, 6) is 0.244. The van der Waals surface area contributed by atoms with E-state index in [1.54, 1.807) is 12.1 Å². The summed E-state index contributed by atoms with van der Waals surface area (Å²) in [4.78, 5) is 16.2. The van der Waals surface area contributed by atoms with Crippen molar-refractivity contribution in [1.82, 2.24) is 10.4 Å². The van der Waals surface area contributed by atoms with Crippen LogP contribution in [0.1, 0.15) is 19.3 Å². The van der Waals surface area contributed by atoms with Gasteiger partial charge in [-0.3, -0.25) is 15.6 Å². The summed E-state index contributed by atoms with van der Waals surface area (Å²) in [7, 11) is 0. The summed E-state index contributed by atoms with van der Waals surface area (Å²) < 4.78 is 19.3. The predicted molar refractivity (Wildman–Crippen MR) is 97.1 cm³/mol. The van der Waals surface area contributed by atoms with Crippen LogP contribution in [0, 0.1) is 5.82 Å². The molecule has 0 saturated heterocycles. The zero-order chi connectivity index (χ0) is 17.5. The van der Waals surface area contributed by atoms with Gasteiger partial charge in [-0.15, -0.1) is 0 Å². The SMILES string of the molecule is O=C(CCCCOc1ccc(F)cc1)NNc1nc2ccccc2s1. The molecule has 0 unspecified atom stereocenters. The molecule has 0 aliphatic heterocycles. The molecule has 0 bridgehead atoms. The summed E-state index contributed by atoms with van der Waals surface area (Å²) in [6.45, 7) is 0.490. The van der Waals surface area contributed by atoms with Crippen LogP contribution in [0.5, 0.6) is 5.75 Å². The molecule has 1 aromatic heterocycles. The highest BCUT2D eigenvalue weighted by atomic mass is 32.1. The van der Waals surface area contributed by atoms with Crippen molar-refractivity contribution in [2.75, 3.05) is 12.0 Å². The molecular formula is C18H18FN3O2S. The van der Waals surface area contributed by atoms with Crippen LogP contribution in [0.3, 0.4) is 0 Å². The third-order valence-electron chi connectivity index (χ3n) is 3.48. The number of carbonyl (C=O) groups excluding carboxylic acids is 1. The van der Waals surface area contributed by atoms with E-state index in [1.165, 1.54) is 23.5 Å². The lowest BCUT2D eigenvalue weighted by molar-refractivity contribution is -0.120. The van der Waals surface area contributed by atoms with Crippen molar-refractivity contribution in [2.24, 2.45) is 0 Å². The van der Waals surface area contributed by atoms with Gasteiger partial charge in [0.15, 0.2) is 0 Å². The van der Waals surface area contributed by atoms with Crippen molar-refractivity contribution in [3.8, 4) is 5.75 Å².